The first-order valence-corrected chi connectivity index (χ1v) is 9.63. The summed E-state index contributed by atoms with van der Waals surface area (Å²) < 4.78 is 37.7. The highest BCUT2D eigenvalue weighted by molar-refractivity contribution is 7.89. The molecular formula is C16H22N2O5S. The third-order valence-electron chi connectivity index (χ3n) is 4.19. The van der Waals surface area contributed by atoms with Gasteiger partial charge in [0.1, 0.15) is 5.75 Å². The van der Waals surface area contributed by atoms with Crippen molar-refractivity contribution >= 4 is 16.0 Å². The Morgan fingerprint density at radius 1 is 1.38 bits per heavy atom. The molecule has 132 valence electrons. The van der Waals surface area contributed by atoms with Crippen LogP contribution in [-0.2, 0) is 26.0 Å². The molecule has 24 heavy (non-hydrogen) atoms. The topological polar surface area (TPSA) is 84.9 Å². The van der Waals surface area contributed by atoms with E-state index in [2.05, 4.69) is 5.32 Å². The lowest BCUT2D eigenvalue weighted by Crippen LogP contribution is -2.34. The number of nitrogens with one attached hydrogen (secondary N) is 1. The Balaban J connectivity index is 1.80. The molecule has 1 aromatic carbocycles. The molecule has 0 aromatic heterocycles. The van der Waals surface area contributed by atoms with E-state index < -0.39 is 22.1 Å². The molecular weight excluding hydrogens is 332 g/mol. The van der Waals surface area contributed by atoms with Gasteiger partial charge in [-0.1, -0.05) is 0 Å². The van der Waals surface area contributed by atoms with E-state index in [0.29, 0.717) is 31.8 Å². The molecule has 8 heteroatoms. The standard InChI is InChI=1S/C16H22N2O5S/c1-2-22-16(19)15-11-12-10-13(4-5-14(12)23-15)24(20,21)18-8-3-6-17-7-9-18/h4-5,10,15,17H,2-3,6-9,11H2,1H3. The second-order valence-corrected chi connectivity index (χ2v) is 7.78. The van der Waals surface area contributed by atoms with E-state index in [-0.39, 0.29) is 11.5 Å². The number of carbonyl (C=O) groups excluding carboxylic acids is 1. The summed E-state index contributed by atoms with van der Waals surface area (Å²) in [6.45, 7) is 4.47. The minimum absolute atomic E-state index is 0.247. The Kier molecular flexibility index (Phi) is 5.07. The van der Waals surface area contributed by atoms with Crippen LogP contribution < -0.4 is 10.1 Å². The number of hydrogen-bond acceptors (Lipinski definition) is 6. The number of fused-ring (bicyclic) bond motifs is 1. The molecule has 1 N–H and O–H groups in total. The monoisotopic (exact) mass is 354 g/mol. The van der Waals surface area contributed by atoms with Gasteiger partial charge < -0.3 is 14.8 Å². The van der Waals surface area contributed by atoms with E-state index in [1.807, 2.05) is 0 Å². The number of nitrogens with zero attached hydrogens (tertiary/aromatic N) is 1. The number of rotatable bonds is 4. The molecule has 2 aliphatic rings. The Hall–Kier alpha value is -1.64. The van der Waals surface area contributed by atoms with E-state index in [1.165, 1.54) is 4.31 Å². The van der Waals surface area contributed by atoms with Gasteiger partial charge in [-0.05, 0) is 43.7 Å². The maximum absolute atomic E-state index is 12.8. The number of ether oxygens (including phenoxy) is 2. The fraction of sp³-hybridized carbons (Fsp3) is 0.562. The van der Waals surface area contributed by atoms with Gasteiger partial charge in [-0.15, -0.1) is 0 Å². The SMILES string of the molecule is CCOC(=O)C1Cc2cc(S(=O)(=O)N3CCCNCC3)ccc2O1. The number of hydrogen-bond donors (Lipinski definition) is 1. The van der Waals surface area contributed by atoms with Gasteiger partial charge in [0, 0.05) is 26.1 Å². The first-order valence-electron chi connectivity index (χ1n) is 8.19. The van der Waals surface area contributed by atoms with Crippen molar-refractivity contribution in [3.8, 4) is 5.75 Å². The molecule has 1 unspecified atom stereocenters. The molecule has 1 aromatic rings. The van der Waals surface area contributed by atoms with Crippen LogP contribution in [0.25, 0.3) is 0 Å². The number of carbonyl (C=O) groups is 1. The minimum atomic E-state index is -3.53. The van der Waals surface area contributed by atoms with Crippen molar-refractivity contribution in [2.45, 2.75) is 30.8 Å². The maximum Gasteiger partial charge on any atom is 0.347 e. The van der Waals surface area contributed by atoms with Crippen molar-refractivity contribution in [3.63, 3.8) is 0 Å². The zero-order chi connectivity index (χ0) is 17.2. The molecule has 3 rings (SSSR count). The Morgan fingerprint density at radius 2 is 2.21 bits per heavy atom. The molecule has 0 saturated carbocycles. The van der Waals surface area contributed by atoms with Gasteiger partial charge in [0.15, 0.2) is 6.10 Å². The summed E-state index contributed by atoms with van der Waals surface area (Å²) in [4.78, 5) is 12.0. The molecule has 0 radical (unpaired) electrons. The molecule has 0 aliphatic carbocycles. The summed E-state index contributed by atoms with van der Waals surface area (Å²) in [7, 11) is -3.53. The summed E-state index contributed by atoms with van der Waals surface area (Å²) in [5.41, 5.74) is 0.724. The highest BCUT2D eigenvalue weighted by atomic mass is 32.2. The molecule has 7 nitrogen and oxygen atoms in total. The van der Waals surface area contributed by atoms with E-state index in [9.17, 15) is 13.2 Å². The van der Waals surface area contributed by atoms with Gasteiger partial charge in [-0.2, -0.15) is 4.31 Å². The quantitative estimate of drug-likeness (QED) is 0.795. The van der Waals surface area contributed by atoms with Crippen LogP contribution >= 0.6 is 0 Å². The van der Waals surface area contributed by atoms with Crippen molar-refractivity contribution in [2.75, 3.05) is 32.8 Å². The van der Waals surface area contributed by atoms with Gasteiger partial charge >= 0.3 is 5.97 Å². The normalized spacial score (nSPS) is 21.6. The number of esters is 1. The molecule has 1 fully saturated rings. The Morgan fingerprint density at radius 3 is 3.00 bits per heavy atom. The van der Waals surface area contributed by atoms with Crippen molar-refractivity contribution in [1.29, 1.82) is 0 Å². The highest BCUT2D eigenvalue weighted by Crippen LogP contribution is 2.32. The third-order valence-corrected chi connectivity index (χ3v) is 6.09. The van der Waals surface area contributed by atoms with Crippen LogP contribution in [0.5, 0.6) is 5.75 Å². The average Bonchev–Trinajstić information content (AvgIpc) is 2.79. The van der Waals surface area contributed by atoms with E-state index in [1.54, 1.807) is 25.1 Å². The highest BCUT2D eigenvalue weighted by Gasteiger charge is 2.32. The summed E-state index contributed by atoms with van der Waals surface area (Å²) in [6, 6.07) is 4.78. The fourth-order valence-corrected chi connectivity index (χ4v) is 4.49. The third kappa shape index (κ3) is 3.40. The fourth-order valence-electron chi connectivity index (χ4n) is 2.96. The first-order chi connectivity index (χ1) is 11.5. The largest absolute Gasteiger partial charge is 0.478 e. The minimum Gasteiger partial charge on any atom is -0.478 e. The summed E-state index contributed by atoms with van der Waals surface area (Å²) in [5, 5.41) is 3.20. The molecule has 1 saturated heterocycles. The summed E-state index contributed by atoms with van der Waals surface area (Å²) in [5.74, 6) is 0.126. The van der Waals surface area contributed by atoms with Crippen molar-refractivity contribution in [3.05, 3.63) is 23.8 Å². The van der Waals surface area contributed by atoms with Crippen LogP contribution in [0.2, 0.25) is 0 Å². The average molecular weight is 354 g/mol. The van der Waals surface area contributed by atoms with Gasteiger partial charge in [-0.25, -0.2) is 13.2 Å². The van der Waals surface area contributed by atoms with Crippen molar-refractivity contribution in [2.24, 2.45) is 0 Å². The summed E-state index contributed by atoms with van der Waals surface area (Å²) in [6.07, 6.45) is 0.428. The van der Waals surface area contributed by atoms with Gasteiger partial charge in [0.05, 0.1) is 11.5 Å². The van der Waals surface area contributed by atoms with E-state index in [0.717, 1.165) is 18.5 Å². The van der Waals surface area contributed by atoms with E-state index in [4.69, 9.17) is 9.47 Å². The summed E-state index contributed by atoms with van der Waals surface area (Å²) >= 11 is 0. The number of sulfonamides is 1. The predicted molar refractivity (Wildman–Crippen MR) is 87.4 cm³/mol. The first kappa shape index (κ1) is 17.2. The van der Waals surface area contributed by atoms with Gasteiger partial charge in [0.25, 0.3) is 0 Å². The smallest absolute Gasteiger partial charge is 0.347 e. The zero-order valence-electron chi connectivity index (χ0n) is 13.7. The van der Waals surface area contributed by atoms with Crippen LogP contribution in [0.1, 0.15) is 18.9 Å². The molecule has 0 amide bonds. The van der Waals surface area contributed by atoms with Crippen molar-refractivity contribution < 1.29 is 22.7 Å². The van der Waals surface area contributed by atoms with Crippen LogP contribution in [0.3, 0.4) is 0 Å². The lowest BCUT2D eigenvalue weighted by molar-refractivity contribution is -0.150. The lowest BCUT2D eigenvalue weighted by atomic mass is 10.1. The van der Waals surface area contributed by atoms with Crippen LogP contribution in [-0.4, -0.2) is 57.6 Å². The van der Waals surface area contributed by atoms with Gasteiger partial charge in [-0.3, -0.25) is 0 Å². The van der Waals surface area contributed by atoms with Crippen LogP contribution in [0.4, 0.5) is 0 Å². The van der Waals surface area contributed by atoms with Crippen molar-refractivity contribution in [1.82, 2.24) is 9.62 Å². The second kappa shape index (κ2) is 7.08. The molecule has 0 bridgehead atoms. The Bertz CT molecular complexity index is 711. The molecule has 0 spiro atoms. The van der Waals surface area contributed by atoms with Crippen LogP contribution in [0.15, 0.2) is 23.1 Å². The molecule has 1 atom stereocenters. The van der Waals surface area contributed by atoms with E-state index >= 15 is 0 Å². The number of benzene rings is 1. The maximum atomic E-state index is 12.8. The second-order valence-electron chi connectivity index (χ2n) is 5.84. The molecule has 2 heterocycles. The lowest BCUT2D eigenvalue weighted by Gasteiger charge is -2.19. The predicted octanol–water partition coefficient (Wildman–Crippen LogP) is 0.537. The Labute approximate surface area is 142 Å². The zero-order valence-corrected chi connectivity index (χ0v) is 14.5. The van der Waals surface area contributed by atoms with Gasteiger partial charge in [0.2, 0.25) is 10.0 Å². The van der Waals surface area contributed by atoms with Crippen LogP contribution in [0, 0.1) is 0 Å². The molecule has 2 aliphatic heterocycles.